The molecule has 0 aliphatic carbocycles. The van der Waals surface area contributed by atoms with E-state index in [1.54, 1.807) is 24.3 Å². The number of aromatic amines is 2. The average molecular weight is 188 g/mol. The maximum Gasteiger partial charge on any atom is 0.326 e. The summed E-state index contributed by atoms with van der Waals surface area (Å²) in [5, 5.41) is 0.460. The van der Waals surface area contributed by atoms with Crippen molar-refractivity contribution in [3.05, 3.63) is 51.2 Å². The van der Waals surface area contributed by atoms with Crippen molar-refractivity contribution in [2.24, 2.45) is 0 Å². The Morgan fingerprint density at radius 1 is 1.21 bits per heavy atom. The van der Waals surface area contributed by atoms with Crippen molar-refractivity contribution in [1.29, 1.82) is 0 Å². The van der Waals surface area contributed by atoms with Crippen molar-refractivity contribution in [1.82, 2.24) is 9.97 Å². The third kappa shape index (κ3) is 1.17. The van der Waals surface area contributed by atoms with Gasteiger partial charge in [-0.25, -0.2) is 4.79 Å². The number of hydrogen-bond acceptors (Lipinski definition) is 2. The standard InChI is InChI=1S/C10H8N2O2/c1-2-6-4-3-5-7-8(6)11-10(14)12-9(7)13/h2-5H,1H2,(H2,11,12,13,14). The molecule has 0 atom stereocenters. The largest absolute Gasteiger partial charge is 0.326 e. The SMILES string of the molecule is C=Cc1cccc2c(=O)[nH]c(=O)[nH]c12. The molecule has 2 rings (SSSR count). The van der Waals surface area contributed by atoms with Crippen molar-refractivity contribution >= 4 is 17.0 Å². The molecule has 0 radical (unpaired) electrons. The number of benzene rings is 1. The number of aromatic nitrogens is 2. The van der Waals surface area contributed by atoms with E-state index in [1.807, 2.05) is 0 Å². The average Bonchev–Trinajstić information content (AvgIpc) is 2.17. The molecule has 1 aromatic carbocycles. The molecule has 0 aliphatic heterocycles. The Morgan fingerprint density at radius 2 is 2.00 bits per heavy atom. The first-order chi connectivity index (χ1) is 6.72. The summed E-state index contributed by atoms with van der Waals surface area (Å²) in [7, 11) is 0. The van der Waals surface area contributed by atoms with Gasteiger partial charge in [-0.2, -0.15) is 0 Å². The molecule has 1 heterocycles. The zero-order valence-corrected chi connectivity index (χ0v) is 7.33. The maximum absolute atomic E-state index is 11.4. The van der Waals surface area contributed by atoms with Gasteiger partial charge in [-0.1, -0.05) is 24.8 Å². The second kappa shape index (κ2) is 2.99. The van der Waals surface area contributed by atoms with E-state index in [0.717, 1.165) is 5.56 Å². The third-order valence-corrected chi connectivity index (χ3v) is 2.03. The minimum absolute atomic E-state index is 0.382. The Hall–Kier alpha value is -2.10. The summed E-state index contributed by atoms with van der Waals surface area (Å²) in [6, 6.07) is 5.18. The Morgan fingerprint density at radius 3 is 2.71 bits per heavy atom. The first-order valence-electron chi connectivity index (χ1n) is 4.10. The molecular formula is C10H8N2O2. The summed E-state index contributed by atoms with van der Waals surface area (Å²) in [5.74, 6) is 0. The predicted octanol–water partition coefficient (Wildman–Crippen LogP) is 0.859. The molecule has 0 fully saturated rings. The highest BCUT2D eigenvalue weighted by Crippen LogP contribution is 2.11. The third-order valence-electron chi connectivity index (χ3n) is 2.03. The summed E-state index contributed by atoms with van der Waals surface area (Å²) >= 11 is 0. The fourth-order valence-electron chi connectivity index (χ4n) is 1.38. The van der Waals surface area contributed by atoms with Crippen LogP contribution < -0.4 is 11.2 Å². The second-order valence-electron chi connectivity index (χ2n) is 2.88. The molecule has 4 heteroatoms. The summed E-state index contributed by atoms with van der Waals surface area (Å²) in [4.78, 5) is 27.1. The molecule has 0 saturated heterocycles. The lowest BCUT2D eigenvalue weighted by Crippen LogP contribution is -2.22. The van der Waals surface area contributed by atoms with Crippen LogP contribution in [-0.4, -0.2) is 9.97 Å². The summed E-state index contributed by atoms with van der Waals surface area (Å²) in [5.41, 5.74) is 0.381. The van der Waals surface area contributed by atoms with Gasteiger partial charge < -0.3 is 4.98 Å². The fourth-order valence-corrected chi connectivity index (χ4v) is 1.38. The number of H-pyrrole nitrogens is 2. The first kappa shape index (κ1) is 8.50. The van der Waals surface area contributed by atoms with Crippen LogP contribution in [0.3, 0.4) is 0 Å². The normalized spacial score (nSPS) is 10.3. The highest BCUT2D eigenvalue weighted by atomic mass is 16.2. The highest BCUT2D eigenvalue weighted by molar-refractivity contribution is 5.85. The van der Waals surface area contributed by atoms with Crippen LogP contribution >= 0.6 is 0 Å². The Kier molecular flexibility index (Phi) is 1.81. The van der Waals surface area contributed by atoms with E-state index in [4.69, 9.17) is 0 Å². The van der Waals surface area contributed by atoms with Crippen LogP contribution in [0.1, 0.15) is 5.56 Å². The first-order valence-corrected chi connectivity index (χ1v) is 4.10. The maximum atomic E-state index is 11.4. The lowest BCUT2D eigenvalue weighted by molar-refractivity contribution is 1.08. The van der Waals surface area contributed by atoms with Crippen LogP contribution in [0, 0.1) is 0 Å². The van der Waals surface area contributed by atoms with Gasteiger partial charge in [0.2, 0.25) is 0 Å². The van der Waals surface area contributed by atoms with Crippen LogP contribution in [0.15, 0.2) is 34.4 Å². The zero-order valence-electron chi connectivity index (χ0n) is 7.33. The van der Waals surface area contributed by atoms with Crippen LogP contribution in [0.2, 0.25) is 0 Å². The van der Waals surface area contributed by atoms with E-state index >= 15 is 0 Å². The molecule has 0 amide bonds. The number of para-hydroxylation sites is 1. The van der Waals surface area contributed by atoms with Crippen molar-refractivity contribution < 1.29 is 0 Å². The minimum Gasteiger partial charge on any atom is -0.306 e. The van der Waals surface area contributed by atoms with Gasteiger partial charge in [0.25, 0.3) is 5.56 Å². The van der Waals surface area contributed by atoms with Crippen molar-refractivity contribution in [2.75, 3.05) is 0 Å². The molecule has 0 aliphatic rings. The molecule has 0 spiro atoms. The molecule has 2 aromatic rings. The Labute approximate surface area is 78.9 Å². The van der Waals surface area contributed by atoms with E-state index < -0.39 is 5.69 Å². The van der Waals surface area contributed by atoms with Gasteiger partial charge in [-0.15, -0.1) is 0 Å². The zero-order chi connectivity index (χ0) is 10.1. The Bertz CT molecular complexity index is 607. The molecule has 0 saturated carbocycles. The number of hydrogen-bond donors (Lipinski definition) is 2. The lowest BCUT2D eigenvalue weighted by Gasteiger charge is -1.99. The Balaban J connectivity index is 3.09. The van der Waals surface area contributed by atoms with E-state index in [0.29, 0.717) is 10.9 Å². The van der Waals surface area contributed by atoms with Gasteiger partial charge in [-0.05, 0) is 11.6 Å². The molecule has 0 bridgehead atoms. The van der Waals surface area contributed by atoms with Gasteiger partial charge in [-0.3, -0.25) is 9.78 Å². The van der Waals surface area contributed by atoms with Gasteiger partial charge in [0.1, 0.15) is 0 Å². The van der Waals surface area contributed by atoms with E-state index in [1.165, 1.54) is 0 Å². The van der Waals surface area contributed by atoms with Crippen molar-refractivity contribution in [2.45, 2.75) is 0 Å². The predicted molar refractivity (Wildman–Crippen MR) is 55.3 cm³/mol. The molecular weight excluding hydrogens is 180 g/mol. The van der Waals surface area contributed by atoms with Gasteiger partial charge in [0.15, 0.2) is 0 Å². The number of fused-ring (bicyclic) bond motifs is 1. The minimum atomic E-state index is -0.503. The number of rotatable bonds is 1. The molecule has 4 nitrogen and oxygen atoms in total. The van der Waals surface area contributed by atoms with Crippen molar-refractivity contribution in [3.63, 3.8) is 0 Å². The molecule has 0 unspecified atom stereocenters. The molecule has 2 N–H and O–H groups in total. The van der Waals surface area contributed by atoms with Crippen LogP contribution in [-0.2, 0) is 0 Å². The van der Waals surface area contributed by atoms with Crippen LogP contribution in [0.25, 0.3) is 17.0 Å². The monoisotopic (exact) mass is 188 g/mol. The molecule has 14 heavy (non-hydrogen) atoms. The summed E-state index contributed by atoms with van der Waals surface area (Å²) in [6.07, 6.45) is 1.59. The van der Waals surface area contributed by atoms with Gasteiger partial charge in [0.05, 0.1) is 10.9 Å². The van der Waals surface area contributed by atoms with E-state index in [-0.39, 0.29) is 5.56 Å². The van der Waals surface area contributed by atoms with Gasteiger partial charge >= 0.3 is 5.69 Å². The van der Waals surface area contributed by atoms with E-state index in [2.05, 4.69) is 16.5 Å². The smallest absolute Gasteiger partial charge is 0.306 e. The van der Waals surface area contributed by atoms with Crippen molar-refractivity contribution in [3.8, 4) is 0 Å². The van der Waals surface area contributed by atoms with Crippen LogP contribution in [0.5, 0.6) is 0 Å². The lowest BCUT2D eigenvalue weighted by atomic mass is 10.1. The summed E-state index contributed by atoms with van der Waals surface area (Å²) < 4.78 is 0. The fraction of sp³-hybridized carbons (Fsp3) is 0. The molecule has 1 aromatic heterocycles. The quantitative estimate of drug-likeness (QED) is 0.697. The van der Waals surface area contributed by atoms with E-state index in [9.17, 15) is 9.59 Å². The summed E-state index contributed by atoms with van der Waals surface area (Å²) in [6.45, 7) is 3.61. The molecule has 70 valence electrons. The highest BCUT2D eigenvalue weighted by Gasteiger charge is 2.02. The van der Waals surface area contributed by atoms with Gasteiger partial charge in [0, 0.05) is 0 Å². The second-order valence-corrected chi connectivity index (χ2v) is 2.88. The van der Waals surface area contributed by atoms with Crippen LogP contribution in [0.4, 0.5) is 0 Å². The number of nitrogens with one attached hydrogen (secondary N) is 2. The topological polar surface area (TPSA) is 65.7 Å².